The number of hydrogen-bond acceptors (Lipinski definition) is 8. The van der Waals surface area contributed by atoms with E-state index in [0.717, 1.165) is 77.4 Å². The highest BCUT2D eigenvalue weighted by Crippen LogP contribution is 2.37. The maximum absolute atomic E-state index is 13.2. The van der Waals surface area contributed by atoms with Crippen molar-refractivity contribution in [2.75, 3.05) is 56.2 Å². The number of nitriles is 2. The molecule has 1 aliphatic heterocycles. The van der Waals surface area contributed by atoms with Crippen molar-refractivity contribution in [2.45, 2.75) is 63.5 Å². The number of anilines is 2. The summed E-state index contributed by atoms with van der Waals surface area (Å²) >= 11 is 0. The summed E-state index contributed by atoms with van der Waals surface area (Å²) in [5.74, 6) is 0.766. The number of fused-ring (bicyclic) bond motifs is 1. The van der Waals surface area contributed by atoms with E-state index in [2.05, 4.69) is 56.1 Å². The highest BCUT2D eigenvalue weighted by atomic mass is 16.5. The van der Waals surface area contributed by atoms with E-state index in [9.17, 15) is 15.3 Å². The van der Waals surface area contributed by atoms with Crippen molar-refractivity contribution in [1.29, 1.82) is 10.5 Å². The Balaban J connectivity index is 1.18. The Hall–Kier alpha value is -3.92. The van der Waals surface area contributed by atoms with E-state index in [4.69, 9.17) is 4.74 Å². The van der Waals surface area contributed by atoms with Gasteiger partial charge in [0.15, 0.2) is 0 Å². The molecule has 1 aromatic carbocycles. The van der Waals surface area contributed by atoms with Gasteiger partial charge >= 0.3 is 0 Å². The average Bonchev–Trinajstić information content (AvgIpc) is 3.05. The number of ether oxygens (including phenoxy) is 1. The Labute approximate surface area is 260 Å². The molecule has 0 bridgehead atoms. The molecule has 6 rings (SSSR count). The van der Waals surface area contributed by atoms with Crippen molar-refractivity contribution in [1.82, 2.24) is 14.5 Å². The van der Waals surface area contributed by atoms with Crippen molar-refractivity contribution in [3.05, 3.63) is 63.6 Å². The number of rotatable bonds is 9. The molecule has 0 N–H and O–H groups in total. The van der Waals surface area contributed by atoms with Crippen LogP contribution in [0.25, 0.3) is 11.0 Å². The lowest BCUT2D eigenvalue weighted by atomic mass is 9.83. The average molecular weight is 594 g/mol. The van der Waals surface area contributed by atoms with Gasteiger partial charge in [-0.1, -0.05) is 18.6 Å². The fraction of sp³-hybridized carbons (Fsp3) is 0.543. The maximum atomic E-state index is 13.2. The zero-order chi connectivity index (χ0) is 30.6. The largest absolute Gasteiger partial charge is 0.379 e. The van der Waals surface area contributed by atoms with Crippen LogP contribution in [-0.2, 0) is 18.2 Å². The maximum Gasteiger partial charge on any atom is 0.270 e. The first-order valence-electron chi connectivity index (χ1n) is 16.2. The van der Waals surface area contributed by atoms with E-state index in [1.54, 1.807) is 19.2 Å². The molecule has 2 saturated carbocycles. The van der Waals surface area contributed by atoms with Crippen LogP contribution in [0.15, 0.2) is 41.2 Å². The summed E-state index contributed by atoms with van der Waals surface area (Å²) in [4.78, 5) is 25.0. The SMILES string of the molecule is CN(c1c(C#N)c(=O)n(C)c2ccc(C#N)nc12)C1CCC(N(CC2CCC2)c2ccc(CCN3CCOCC3)cc2)CC1. The van der Waals surface area contributed by atoms with Crippen molar-refractivity contribution < 1.29 is 4.74 Å². The summed E-state index contributed by atoms with van der Waals surface area (Å²) in [6.07, 6.45) is 9.04. The zero-order valence-corrected chi connectivity index (χ0v) is 26.0. The third-order valence-corrected chi connectivity index (χ3v) is 10.2. The van der Waals surface area contributed by atoms with Gasteiger partial charge in [0.2, 0.25) is 0 Å². The summed E-state index contributed by atoms with van der Waals surface area (Å²) in [7, 11) is 3.63. The second kappa shape index (κ2) is 13.4. The minimum absolute atomic E-state index is 0.0903. The molecule has 44 heavy (non-hydrogen) atoms. The van der Waals surface area contributed by atoms with Gasteiger partial charge in [-0.3, -0.25) is 9.69 Å². The first-order valence-corrected chi connectivity index (χ1v) is 16.2. The Morgan fingerprint density at radius 3 is 2.30 bits per heavy atom. The summed E-state index contributed by atoms with van der Waals surface area (Å²) in [5, 5.41) is 19.5. The van der Waals surface area contributed by atoms with Crippen LogP contribution in [0.3, 0.4) is 0 Å². The van der Waals surface area contributed by atoms with E-state index in [-0.39, 0.29) is 22.9 Å². The predicted molar refractivity (Wildman–Crippen MR) is 173 cm³/mol. The molecule has 2 aromatic heterocycles. The van der Waals surface area contributed by atoms with Crippen LogP contribution in [0.1, 0.15) is 61.8 Å². The van der Waals surface area contributed by atoms with Crippen molar-refractivity contribution in [3.8, 4) is 12.1 Å². The molecule has 0 atom stereocenters. The second-order valence-electron chi connectivity index (χ2n) is 12.8. The van der Waals surface area contributed by atoms with Gasteiger partial charge in [-0.25, -0.2) is 4.98 Å². The molecule has 9 heteroatoms. The highest BCUT2D eigenvalue weighted by molar-refractivity contribution is 5.92. The Kier molecular flexibility index (Phi) is 9.16. The first-order chi connectivity index (χ1) is 21.5. The molecule has 1 saturated heterocycles. The van der Waals surface area contributed by atoms with Crippen LogP contribution in [-0.4, -0.2) is 73.0 Å². The Morgan fingerprint density at radius 1 is 0.955 bits per heavy atom. The zero-order valence-electron chi connectivity index (χ0n) is 26.0. The normalized spacial score (nSPS) is 20.9. The smallest absolute Gasteiger partial charge is 0.270 e. The lowest BCUT2D eigenvalue weighted by Gasteiger charge is -2.44. The van der Waals surface area contributed by atoms with Gasteiger partial charge in [0, 0.05) is 58.0 Å². The summed E-state index contributed by atoms with van der Waals surface area (Å²) < 4.78 is 6.96. The third-order valence-electron chi connectivity index (χ3n) is 10.2. The number of aromatic nitrogens is 2. The number of hydrogen-bond donors (Lipinski definition) is 0. The minimum Gasteiger partial charge on any atom is -0.379 e. The molecule has 3 aromatic rings. The van der Waals surface area contributed by atoms with E-state index in [1.165, 1.54) is 35.1 Å². The standard InChI is InChI=1S/C35H43N7O2/c1-39(34-31(23-37)35(43)40(2)32-15-8-27(22-36)38-33(32)34)28-11-13-30(14-12-28)42(24-26-4-3-5-26)29-9-6-25(7-10-29)16-17-41-18-20-44-21-19-41/h6-10,15,26,28,30H,3-5,11-14,16-21,24H2,1-2H3. The second-order valence-corrected chi connectivity index (χ2v) is 12.8. The molecule has 3 heterocycles. The number of nitrogens with zero attached hydrogens (tertiary/aromatic N) is 7. The van der Waals surface area contributed by atoms with Crippen molar-refractivity contribution in [3.63, 3.8) is 0 Å². The van der Waals surface area contributed by atoms with Crippen LogP contribution in [0.4, 0.5) is 11.4 Å². The molecule has 9 nitrogen and oxygen atoms in total. The molecule has 0 spiro atoms. The molecule has 230 valence electrons. The first kappa shape index (κ1) is 30.1. The van der Waals surface area contributed by atoms with Crippen LogP contribution < -0.4 is 15.4 Å². The molecule has 3 fully saturated rings. The number of aryl methyl sites for hydroxylation is 1. The fourth-order valence-corrected chi connectivity index (χ4v) is 7.22. The van der Waals surface area contributed by atoms with E-state index in [0.29, 0.717) is 22.8 Å². The van der Waals surface area contributed by atoms with E-state index >= 15 is 0 Å². The van der Waals surface area contributed by atoms with E-state index in [1.807, 2.05) is 7.05 Å². The Morgan fingerprint density at radius 2 is 1.66 bits per heavy atom. The fourth-order valence-electron chi connectivity index (χ4n) is 7.22. The molecular weight excluding hydrogens is 550 g/mol. The van der Waals surface area contributed by atoms with Gasteiger partial charge in [-0.15, -0.1) is 0 Å². The predicted octanol–water partition coefficient (Wildman–Crippen LogP) is 4.61. The van der Waals surface area contributed by atoms with Crippen molar-refractivity contribution in [2.24, 2.45) is 13.0 Å². The van der Waals surface area contributed by atoms with Crippen LogP contribution >= 0.6 is 0 Å². The lowest BCUT2D eigenvalue weighted by molar-refractivity contribution is 0.0384. The molecule has 0 amide bonds. The lowest BCUT2D eigenvalue weighted by Crippen LogP contribution is -2.46. The van der Waals surface area contributed by atoms with Crippen LogP contribution in [0, 0.1) is 28.6 Å². The summed E-state index contributed by atoms with van der Waals surface area (Å²) in [5.41, 5.74) is 4.45. The number of morpholine rings is 1. The van der Waals surface area contributed by atoms with Crippen molar-refractivity contribution >= 4 is 22.4 Å². The van der Waals surface area contributed by atoms with Gasteiger partial charge in [0.05, 0.1) is 24.4 Å². The van der Waals surface area contributed by atoms with Gasteiger partial charge in [0.25, 0.3) is 5.56 Å². The van der Waals surface area contributed by atoms with Gasteiger partial charge in [0.1, 0.15) is 28.9 Å². The third kappa shape index (κ3) is 6.18. The molecule has 0 radical (unpaired) electrons. The monoisotopic (exact) mass is 593 g/mol. The quantitative estimate of drug-likeness (QED) is 0.355. The molecule has 0 unspecified atom stereocenters. The van der Waals surface area contributed by atoms with Gasteiger partial charge < -0.3 is 19.1 Å². The molecule has 3 aliphatic rings. The van der Waals surface area contributed by atoms with Crippen LogP contribution in [0.2, 0.25) is 0 Å². The molecular formula is C35H43N7O2. The van der Waals surface area contributed by atoms with E-state index < -0.39 is 0 Å². The van der Waals surface area contributed by atoms with Crippen LogP contribution in [0.5, 0.6) is 0 Å². The summed E-state index contributed by atoms with van der Waals surface area (Å²) in [6, 6.07) is 17.6. The summed E-state index contributed by atoms with van der Waals surface area (Å²) in [6.45, 7) is 5.92. The number of pyridine rings is 2. The Bertz CT molecular complexity index is 1600. The highest BCUT2D eigenvalue weighted by Gasteiger charge is 2.32. The van der Waals surface area contributed by atoms with Gasteiger partial charge in [-0.05, 0) is 80.7 Å². The molecule has 2 aliphatic carbocycles. The van der Waals surface area contributed by atoms with Gasteiger partial charge in [-0.2, -0.15) is 10.5 Å². The topological polar surface area (TPSA) is 101 Å². The minimum atomic E-state index is -0.331. The number of benzene rings is 1.